The second-order valence-corrected chi connectivity index (χ2v) is 17.2. The first kappa shape index (κ1) is 43.7. The largest absolute Gasteiger partial charge is 0.479 e. The summed E-state index contributed by atoms with van der Waals surface area (Å²) < 4.78 is 36.6. The summed E-state index contributed by atoms with van der Waals surface area (Å²) in [7, 11) is 0. The molecule has 0 radical (unpaired) electrons. The molecule has 3 saturated heterocycles. The highest BCUT2D eigenvalue weighted by Gasteiger charge is 2.34. The van der Waals surface area contributed by atoms with Gasteiger partial charge in [-0.05, 0) is 92.0 Å². The summed E-state index contributed by atoms with van der Waals surface area (Å²) >= 11 is 0. The summed E-state index contributed by atoms with van der Waals surface area (Å²) in [5.74, 6) is -1.73. The van der Waals surface area contributed by atoms with E-state index >= 15 is 0 Å². The molecule has 16 nitrogen and oxygen atoms in total. The molecule has 3 aromatic heterocycles. The maximum atomic E-state index is 12.1. The van der Waals surface area contributed by atoms with Crippen LogP contribution in [-0.4, -0.2) is 95.7 Å². The maximum Gasteiger partial charge on any atom is 0.333 e. The number of carboxylic acids is 3. The summed E-state index contributed by atoms with van der Waals surface area (Å²) in [5.41, 5.74) is 4.96. The number of rotatable bonds is 21. The summed E-state index contributed by atoms with van der Waals surface area (Å²) in [4.78, 5) is 38.7. The second kappa shape index (κ2) is 19.7. The fourth-order valence-electron chi connectivity index (χ4n) is 9.59. The molecule has 0 amide bonds. The summed E-state index contributed by atoms with van der Waals surface area (Å²) in [5, 5.41) is 42.1. The van der Waals surface area contributed by atoms with Crippen molar-refractivity contribution >= 4 is 50.8 Å². The van der Waals surface area contributed by atoms with Gasteiger partial charge in [0, 0.05) is 73.2 Å². The number of ether oxygens (including phenoxy) is 3. The molecule has 0 aliphatic carbocycles. The van der Waals surface area contributed by atoms with Crippen molar-refractivity contribution in [3.63, 3.8) is 0 Å². The van der Waals surface area contributed by atoms with E-state index in [-0.39, 0.29) is 37.6 Å². The molecule has 3 aromatic carbocycles. The number of fused-ring (bicyclic) bond motifs is 3. The Hall–Kier alpha value is -5.59. The molecule has 3 aliphatic rings. The fourth-order valence-corrected chi connectivity index (χ4v) is 9.59. The van der Waals surface area contributed by atoms with E-state index in [1.165, 1.54) is 0 Å². The van der Waals surface area contributed by atoms with Gasteiger partial charge in [0.25, 0.3) is 0 Å². The fraction of sp³-hybridized carbons (Fsp3) is 0.438. The lowest BCUT2D eigenvalue weighted by Gasteiger charge is -2.24. The SMILES string of the molecule is O=C(O)[C@@H](OCc1cc2c(CN(Cc3cccc4oc(CO[C@H](C(=O)O)[C@@H]5CCNC5)cc34)Cc3cccc4oc(CO[C@H](C(=O)O)[C@@H]5CCNC5)cc34)cccc2o1)[C@@H]1CCNC1. The Morgan fingerprint density at radius 2 is 0.844 bits per heavy atom. The highest BCUT2D eigenvalue weighted by atomic mass is 16.5. The predicted molar refractivity (Wildman–Crippen MR) is 233 cm³/mol. The Bertz CT molecular complexity index is 2300. The van der Waals surface area contributed by atoms with Crippen molar-refractivity contribution in [3.05, 3.63) is 107 Å². The minimum atomic E-state index is -0.988. The number of nitrogens with one attached hydrogen (secondary N) is 3. The van der Waals surface area contributed by atoms with Gasteiger partial charge < -0.3 is 58.7 Å². The molecule has 0 spiro atoms. The number of carboxylic acid groups (broad SMARTS) is 3. The zero-order valence-corrected chi connectivity index (χ0v) is 35.5. The van der Waals surface area contributed by atoms with Crippen LogP contribution in [0.1, 0.15) is 53.2 Å². The number of aliphatic carboxylic acids is 3. The van der Waals surface area contributed by atoms with Crippen LogP contribution in [0.25, 0.3) is 32.9 Å². The first-order valence-corrected chi connectivity index (χ1v) is 22.1. The first-order chi connectivity index (χ1) is 31.2. The molecule has 64 heavy (non-hydrogen) atoms. The summed E-state index contributed by atoms with van der Waals surface area (Å²) in [6, 6.07) is 23.5. The molecule has 0 bridgehead atoms. The monoisotopic (exact) mass is 878 g/mol. The third-order valence-corrected chi connectivity index (χ3v) is 12.8. The Kier molecular flexibility index (Phi) is 13.4. The van der Waals surface area contributed by atoms with E-state index in [1.54, 1.807) is 0 Å². The first-order valence-electron chi connectivity index (χ1n) is 22.1. The standard InChI is InChI=1S/C48H54N4O12/c53-46(54)43(28-10-13-49-19-28)59-25-34-16-37-31(4-1-7-40(37)62-34)22-52(23-32-5-2-8-41-38(32)17-35(63-41)26-60-44(47(55)56)29-11-14-50-20-29)24-33-6-3-9-42-39(33)18-36(64-42)27-61-45(48(57)58)30-12-15-51-21-30/h1-9,16-18,28-30,43-45,49-51H,10-15,19-27H2,(H,53,54)(H,55,56)(H,57,58)/t28-,29-,30-,43+,44+,45+/m1/s1. The van der Waals surface area contributed by atoms with E-state index in [4.69, 9.17) is 27.5 Å². The van der Waals surface area contributed by atoms with Crippen LogP contribution in [0.3, 0.4) is 0 Å². The molecule has 0 unspecified atom stereocenters. The normalized spacial score (nSPS) is 20.5. The van der Waals surface area contributed by atoms with Crippen molar-refractivity contribution in [2.75, 3.05) is 39.3 Å². The van der Waals surface area contributed by atoms with Crippen molar-refractivity contribution in [1.82, 2.24) is 20.9 Å². The van der Waals surface area contributed by atoms with Crippen LogP contribution < -0.4 is 16.0 Å². The molecule has 16 heteroatoms. The van der Waals surface area contributed by atoms with Crippen LogP contribution in [-0.2, 0) is 68.0 Å². The summed E-state index contributed by atoms with van der Waals surface area (Å²) in [6.07, 6.45) is -0.645. The lowest BCUT2D eigenvalue weighted by atomic mass is 10.0. The lowest BCUT2D eigenvalue weighted by molar-refractivity contribution is -0.156. The molecule has 6 N–H and O–H groups in total. The average molecular weight is 879 g/mol. The van der Waals surface area contributed by atoms with Crippen molar-refractivity contribution in [2.24, 2.45) is 17.8 Å². The third-order valence-electron chi connectivity index (χ3n) is 12.8. The molecule has 338 valence electrons. The minimum Gasteiger partial charge on any atom is -0.479 e. The Morgan fingerprint density at radius 1 is 0.531 bits per heavy atom. The minimum absolute atomic E-state index is 0.0177. The van der Waals surface area contributed by atoms with Crippen molar-refractivity contribution < 1.29 is 57.2 Å². The van der Waals surface area contributed by atoms with Gasteiger partial charge in [0.1, 0.15) is 53.9 Å². The van der Waals surface area contributed by atoms with Gasteiger partial charge in [0.15, 0.2) is 18.3 Å². The highest BCUT2D eigenvalue weighted by molar-refractivity contribution is 5.84. The molecule has 6 heterocycles. The van der Waals surface area contributed by atoms with Gasteiger partial charge >= 0.3 is 17.9 Å². The van der Waals surface area contributed by atoms with Crippen LogP contribution >= 0.6 is 0 Å². The number of carbonyl (C=O) groups is 3. The van der Waals surface area contributed by atoms with Gasteiger partial charge in [-0.25, -0.2) is 14.4 Å². The van der Waals surface area contributed by atoms with Crippen molar-refractivity contribution in [1.29, 1.82) is 0 Å². The summed E-state index contributed by atoms with van der Waals surface area (Å²) in [6.45, 7) is 5.57. The van der Waals surface area contributed by atoms with Crippen LogP contribution in [0.2, 0.25) is 0 Å². The molecular formula is C48H54N4O12. The zero-order valence-electron chi connectivity index (χ0n) is 35.5. The molecule has 3 fully saturated rings. The number of nitrogens with zero attached hydrogens (tertiary/aromatic N) is 1. The number of furan rings is 3. The van der Waals surface area contributed by atoms with E-state index in [1.807, 2.05) is 54.6 Å². The highest BCUT2D eigenvalue weighted by Crippen LogP contribution is 2.32. The van der Waals surface area contributed by atoms with Crippen LogP contribution in [0, 0.1) is 17.8 Å². The molecular weight excluding hydrogens is 825 g/mol. The molecule has 6 atom stereocenters. The number of benzene rings is 3. The Morgan fingerprint density at radius 3 is 1.11 bits per heavy atom. The number of hydrogen-bond donors (Lipinski definition) is 6. The number of hydrogen-bond acceptors (Lipinski definition) is 13. The van der Waals surface area contributed by atoms with Crippen LogP contribution in [0.4, 0.5) is 0 Å². The Balaban J connectivity index is 0.991. The predicted octanol–water partition coefficient (Wildman–Crippen LogP) is 5.87. The third kappa shape index (κ3) is 9.88. The van der Waals surface area contributed by atoms with Crippen molar-refractivity contribution in [2.45, 2.75) is 77.0 Å². The molecule has 0 saturated carbocycles. The van der Waals surface area contributed by atoms with E-state index in [9.17, 15) is 29.7 Å². The van der Waals surface area contributed by atoms with E-state index < -0.39 is 36.2 Å². The Labute approximate surface area is 368 Å². The van der Waals surface area contributed by atoms with Crippen LogP contribution in [0.5, 0.6) is 0 Å². The van der Waals surface area contributed by atoms with Gasteiger partial charge in [-0.15, -0.1) is 0 Å². The second-order valence-electron chi connectivity index (χ2n) is 17.2. The van der Waals surface area contributed by atoms with Crippen LogP contribution in [0.15, 0.2) is 86.0 Å². The topological polar surface area (TPSA) is 218 Å². The van der Waals surface area contributed by atoms with E-state index in [2.05, 4.69) is 39.0 Å². The van der Waals surface area contributed by atoms with Gasteiger partial charge in [-0.3, -0.25) is 4.90 Å². The molecule has 6 aromatic rings. The van der Waals surface area contributed by atoms with Gasteiger partial charge in [-0.1, -0.05) is 36.4 Å². The van der Waals surface area contributed by atoms with Crippen molar-refractivity contribution in [3.8, 4) is 0 Å². The zero-order chi connectivity index (χ0) is 44.2. The van der Waals surface area contributed by atoms with Gasteiger partial charge in [0.2, 0.25) is 0 Å². The molecule has 9 rings (SSSR count). The maximum absolute atomic E-state index is 12.1. The van der Waals surface area contributed by atoms with E-state index in [0.29, 0.717) is 73.3 Å². The lowest BCUT2D eigenvalue weighted by Crippen LogP contribution is -2.33. The van der Waals surface area contributed by atoms with E-state index in [0.717, 1.165) is 71.7 Å². The van der Waals surface area contributed by atoms with Gasteiger partial charge in [-0.2, -0.15) is 0 Å². The smallest absolute Gasteiger partial charge is 0.333 e. The average Bonchev–Trinajstić information content (AvgIpc) is 4.12. The van der Waals surface area contributed by atoms with Gasteiger partial charge in [0.05, 0.1) is 0 Å². The quantitative estimate of drug-likeness (QED) is 0.0499. The molecule has 3 aliphatic heterocycles.